The quantitative estimate of drug-likeness (QED) is 0.338. The van der Waals surface area contributed by atoms with Crippen molar-refractivity contribution in [2.75, 3.05) is 5.73 Å². The summed E-state index contributed by atoms with van der Waals surface area (Å²) in [7, 11) is -9.62. The van der Waals surface area contributed by atoms with Gasteiger partial charge in [0.1, 0.15) is 15.5 Å². The molecule has 0 spiro atoms. The molecule has 0 aliphatic heterocycles. The van der Waals surface area contributed by atoms with E-state index in [1.54, 1.807) is 0 Å². The van der Waals surface area contributed by atoms with Crippen LogP contribution in [0, 0.1) is 0 Å². The van der Waals surface area contributed by atoms with Crippen molar-refractivity contribution in [3.8, 4) is 5.75 Å². The molecular weight excluding hydrogens is 349 g/mol. The molecule has 0 heterocycles. The third-order valence-electron chi connectivity index (χ3n) is 2.66. The maximum Gasteiger partial charge on any atom is 0.296 e. The number of aromatic hydroxyl groups is 1. The zero-order chi connectivity index (χ0) is 15.3. The number of phenolic OH excluding ortho intramolecular Hbond substituents is 1. The van der Waals surface area contributed by atoms with Crippen LogP contribution in [0.5, 0.6) is 5.75 Å². The summed E-state index contributed by atoms with van der Waals surface area (Å²) in [6.45, 7) is 0. The maximum absolute atomic E-state index is 11.3. The van der Waals surface area contributed by atoms with Gasteiger partial charge in [0.15, 0.2) is 0 Å². The monoisotopic (exact) mass is 358 g/mol. The normalized spacial score (nSPS) is 12.1. The van der Waals surface area contributed by atoms with E-state index in [1.807, 2.05) is 0 Å². The molecule has 2 aromatic carbocycles. The number of anilines is 1. The molecule has 0 saturated carbocycles. The van der Waals surface area contributed by atoms with E-state index >= 15 is 0 Å². The number of hydrogen-bond acceptors (Lipinski definition) is 6. The van der Waals surface area contributed by atoms with Crippen LogP contribution < -0.4 is 5.73 Å². The zero-order valence-corrected chi connectivity index (χ0v) is 15.4. The molecule has 0 atom stereocenters. The molecule has 1 radical (unpaired) electrons. The maximum atomic E-state index is 11.3. The number of nitrogen functional groups attached to an aromatic ring is 1. The van der Waals surface area contributed by atoms with Crippen molar-refractivity contribution < 1.29 is 31.0 Å². The van der Waals surface area contributed by atoms with E-state index in [1.165, 1.54) is 12.1 Å². The van der Waals surface area contributed by atoms with E-state index in [-0.39, 0.29) is 62.2 Å². The molecule has 5 N–H and O–H groups in total. The first-order chi connectivity index (χ1) is 9.03. The van der Waals surface area contributed by atoms with Crippen molar-refractivity contribution in [1.29, 1.82) is 0 Å². The van der Waals surface area contributed by atoms with Gasteiger partial charge in [0.05, 0.1) is 5.69 Å². The predicted octanol–water partition coefficient (Wildman–Crippen LogP) is 0.240. The molecule has 0 aliphatic rings. The number of benzene rings is 2. The van der Waals surface area contributed by atoms with Gasteiger partial charge in [-0.1, -0.05) is 12.1 Å². The van der Waals surface area contributed by atoms with Crippen molar-refractivity contribution >= 4 is 88.1 Å². The van der Waals surface area contributed by atoms with E-state index < -0.39 is 41.5 Å². The van der Waals surface area contributed by atoms with Crippen LogP contribution in [0.3, 0.4) is 0 Å². The fourth-order valence-electron chi connectivity index (χ4n) is 1.85. The fourth-order valence-corrected chi connectivity index (χ4v) is 3.29. The largest absolute Gasteiger partial charge is 0.507 e. The third kappa shape index (κ3) is 3.57. The van der Waals surface area contributed by atoms with Crippen LogP contribution in [0.15, 0.2) is 34.1 Å². The van der Waals surface area contributed by atoms with Crippen LogP contribution in [0.25, 0.3) is 10.8 Å². The average Bonchev–Trinajstić information content (AvgIpc) is 2.25. The summed E-state index contributed by atoms with van der Waals surface area (Å²) in [5.41, 5.74) is 5.02. The van der Waals surface area contributed by atoms with Gasteiger partial charge in [-0.3, -0.25) is 9.11 Å². The summed E-state index contributed by atoms with van der Waals surface area (Å²) in [5.74, 6) is -0.490. The Hall–Kier alpha value is -0.244. The minimum atomic E-state index is -4.84. The predicted molar refractivity (Wildman–Crippen MR) is 75.4 cm³/mol. The van der Waals surface area contributed by atoms with Crippen LogP contribution in [0.4, 0.5) is 5.69 Å². The number of hydrogen-bond donors (Lipinski definition) is 4. The average molecular weight is 358 g/mol. The Morgan fingerprint density at radius 2 is 1.48 bits per heavy atom. The first kappa shape index (κ1) is 18.8. The summed E-state index contributed by atoms with van der Waals surface area (Å²) in [6, 6.07) is 4.20. The summed E-state index contributed by atoms with van der Waals surface area (Å²) >= 11 is 0. The minimum Gasteiger partial charge on any atom is -0.507 e. The molecule has 11 heteroatoms. The van der Waals surface area contributed by atoms with Gasteiger partial charge >= 0.3 is 0 Å². The molecule has 0 fully saturated rings. The zero-order valence-electron chi connectivity index (χ0n) is 10.7. The van der Waals surface area contributed by atoms with Crippen molar-refractivity contribution in [3.63, 3.8) is 0 Å². The number of nitrogens with two attached hydrogens (primary N) is 1. The summed E-state index contributed by atoms with van der Waals surface area (Å²) < 4.78 is 63.2. The Morgan fingerprint density at radius 1 is 0.952 bits per heavy atom. The van der Waals surface area contributed by atoms with E-state index in [4.69, 9.17) is 14.8 Å². The Morgan fingerprint density at radius 3 is 1.95 bits per heavy atom. The molecule has 0 aromatic heterocycles. The Bertz CT molecular complexity index is 922. The topological polar surface area (TPSA) is 155 Å². The molecule has 0 saturated heterocycles. The molecule has 2 aromatic rings. The molecule has 2 rings (SSSR count). The van der Waals surface area contributed by atoms with Crippen molar-refractivity contribution in [2.45, 2.75) is 9.79 Å². The first-order valence-electron chi connectivity index (χ1n) is 5.02. The van der Waals surface area contributed by atoms with Crippen LogP contribution in [0.1, 0.15) is 0 Å². The first-order valence-corrected chi connectivity index (χ1v) is 7.90. The summed E-state index contributed by atoms with van der Waals surface area (Å²) in [4.78, 5) is -1.70. The molecule has 0 bridgehead atoms. The molecule has 0 aliphatic carbocycles. The molecule has 0 unspecified atom stereocenters. The summed E-state index contributed by atoms with van der Waals surface area (Å²) in [5, 5.41) is 9.23. The second-order valence-corrected chi connectivity index (χ2v) is 6.72. The molecule has 8 nitrogen and oxygen atoms in total. The van der Waals surface area contributed by atoms with E-state index in [0.717, 1.165) is 6.07 Å². The van der Waals surface area contributed by atoms with Crippen LogP contribution >= 0.6 is 0 Å². The van der Waals surface area contributed by atoms with Gasteiger partial charge in [-0.2, -0.15) is 16.8 Å². The van der Waals surface area contributed by atoms with Crippen LogP contribution in [-0.4, -0.2) is 82.4 Å². The van der Waals surface area contributed by atoms with Crippen LogP contribution in [0.2, 0.25) is 0 Å². The number of phenols is 1. The second kappa shape index (κ2) is 6.10. The van der Waals surface area contributed by atoms with Gasteiger partial charge in [-0.25, -0.2) is 0 Å². The fraction of sp³-hybridized carbons (Fsp3) is 0. The van der Waals surface area contributed by atoms with Gasteiger partial charge < -0.3 is 10.8 Å². The van der Waals surface area contributed by atoms with Crippen LogP contribution in [-0.2, 0) is 20.2 Å². The minimum absolute atomic E-state index is 0. The van der Waals surface area contributed by atoms with Crippen molar-refractivity contribution in [1.82, 2.24) is 0 Å². The van der Waals surface area contributed by atoms with E-state index in [2.05, 4.69) is 0 Å². The summed E-state index contributed by atoms with van der Waals surface area (Å²) in [6.07, 6.45) is 0. The van der Waals surface area contributed by atoms with E-state index in [0.29, 0.717) is 6.07 Å². The third-order valence-corrected chi connectivity index (χ3v) is 4.45. The van der Waals surface area contributed by atoms with Gasteiger partial charge in [-0.15, -0.1) is 0 Å². The smallest absolute Gasteiger partial charge is 0.296 e. The van der Waals surface area contributed by atoms with Gasteiger partial charge in [-0.05, 0) is 12.1 Å². The van der Waals surface area contributed by atoms with Gasteiger partial charge in [0.2, 0.25) is 0 Å². The Kier molecular flexibility index (Phi) is 5.46. The second-order valence-electron chi connectivity index (χ2n) is 3.94. The molecule has 0 amide bonds. The molecule has 109 valence electrons. The Balaban J connectivity index is 0.00000220. The number of rotatable bonds is 2. The SMILES string of the molecule is Nc1c(S(=O)(=O)O)cc(S(=O)(=O)O)c2cccc(O)c12.[K]. The Labute approximate surface area is 162 Å². The van der Waals surface area contributed by atoms with Gasteiger partial charge in [0.25, 0.3) is 20.2 Å². The van der Waals surface area contributed by atoms with Crippen molar-refractivity contribution in [3.05, 3.63) is 24.3 Å². The van der Waals surface area contributed by atoms with Crippen molar-refractivity contribution in [2.24, 2.45) is 0 Å². The number of fused-ring (bicyclic) bond motifs is 1. The van der Waals surface area contributed by atoms with Gasteiger partial charge in [0, 0.05) is 62.2 Å². The van der Waals surface area contributed by atoms with E-state index in [9.17, 15) is 21.9 Å². The molecule has 21 heavy (non-hydrogen) atoms. The standard InChI is InChI=1S/C10H9NO7S2.K/c11-10-8(20(16,17)18)4-7(19(13,14)15)5-2-1-3-6(12)9(5)10;/h1-4,12H,11H2,(H,13,14,15)(H,16,17,18);. The molecular formula is C10H9KNO7S2.